The molecule has 0 aliphatic rings. The van der Waals surface area contributed by atoms with Crippen molar-refractivity contribution in [3.05, 3.63) is 84.7 Å². The fourth-order valence-corrected chi connectivity index (χ4v) is 3.10. The van der Waals surface area contributed by atoms with E-state index in [2.05, 4.69) is 10.3 Å². The number of anilines is 1. The van der Waals surface area contributed by atoms with Crippen LogP contribution in [0.2, 0.25) is 0 Å². The summed E-state index contributed by atoms with van der Waals surface area (Å²) in [7, 11) is 0. The third kappa shape index (κ3) is 2.89. The fourth-order valence-electron chi connectivity index (χ4n) is 3.10. The lowest BCUT2D eigenvalue weighted by Gasteiger charge is -2.08. The average Bonchev–Trinajstić information content (AvgIpc) is 3.12. The highest BCUT2D eigenvalue weighted by molar-refractivity contribution is 6.06. The molecule has 0 fully saturated rings. The summed E-state index contributed by atoms with van der Waals surface area (Å²) >= 11 is 0. The molecule has 0 aliphatic heterocycles. The zero-order chi connectivity index (χ0) is 18.1. The highest BCUT2D eigenvalue weighted by Gasteiger charge is 2.16. The molecule has 0 saturated carbocycles. The zero-order valence-electron chi connectivity index (χ0n) is 14.5. The van der Waals surface area contributed by atoms with Crippen LogP contribution in [0, 0.1) is 0 Å². The number of rotatable bonds is 4. The second kappa shape index (κ2) is 6.53. The molecule has 0 amide bonds. The van der Waals surface area contributed by atoms with Gasteiger partial charge in [-0.3, -0.25) is 4.98 Å². The monoisotopic (exact) mass is 352 g/mol. The second-order valence-corrected chi connectivity index (χ2v) is 6.21. The van der Waals surface area contributed by atoms with E-state index >= 15 is 0 Å². The van der Waals surface area contributed by atoms with Crippen molar-refractivity contribution in [3.8, 4) is 11.4 Å². The number of nitrogens with one attached hydrogen (secondary N) is 1. The molecule has 5 aromatic rings. The average molecular weight is 352 g/mol. The van der Waals surface area contributed by atoms with Crippen LogP contribution in [0.3, 0.4) is 0 Å². The lowest BCUT2D eigenvalue weighted by Crippen LogP contribution is -2.04. The summed E-state index contributed by atoms with van der Waals surface area (Å²) < 4.78 is 6.05. The molecular formula is C22H16N4O. The number of benzene rings is 2. The van der Waals surface area contributed by atoms with Crippen molar-refractivity contribution in [2.45, 2.75) is 6.54 Å². The maximum atomic E-state index is 6.05. The highest BCUT2D eigenvalue weighted by Crippen LogP contribution is 2.33. The SMILES string of the molecule is c1ccc(-c2nc(NCc3ccccn3)c3oc4ccccc4c3n2)cc1. The molecule has 0 bridgehead atoms. The van der Waals surface area contributed by atoms with Crippen molar-refractivity contribution in [1.29, 1.82) is 0 Å². The number of nitrogens with zero attached hydrogens (tertiary/aromatic N) is 3. The van der Waals surface area contributed by atoms with Gasteiger partial charge in [-0.15, -0.1) is 0 Å². The molecule has 0 spiro atoms. The zero-order valence-corrected chi connectivity index (χ0v) is 14.5. The van der Waals surface area contributed by atoms with Gasteiger partial charge in [0.1, 0.15) is 11.1 Å². The first kappa shape index (κ1) is 15.5. The molecule has 3 heterocycles. The number of pyridine rings is 1. The number of fused-ring (bicyclic) bond motifs is 3. The van der Waals surface area contributed by atoms with Gasteiger partial charge in [-0.2, -0.15) is 0 Å². The lowest BCUT2D eigenvalue weighted by molar-refractivity contribution is 0.666. The van der Waals surface area contributed by atoms with E-state index in [0.717, 1.165) is 27.7 Å². The van der Waals surface area contributed by atoms with Crippen molar-refractivity contribution in [1.82, 2.24) is 15.0 Å². The molecule has 0 radical (unpaired) electrons. The van der Waals surface area contributed by atoms with Crippen LogP contribution in [0.1, 0.15) is 5.69 Å². The quantitative estimate of drug-likeness (QED) is 0.490. The maximum Gasteiger partial charge on any atom is 0.196 e. The van der Waals surface area contributed by atoms with Crippen molar-refractivity contribution in [2.24, 2.45) is 0 Å². The normalized spacial score (nSPS) is 11.1. The predicted molar refractivity (Wildman–Crippen MR) is 106 cm³/mol. The molecule has 0 atom stereocenters. The molecule has 0 unspecified atom stereocenters. The lowest BCUT2D eigenvalue weighted by atomic mass is 10.2. The molecule has 0 saturated heterocycles. The Morgan fingerprint density at radius 1 is 0.815 bits per heavy atom. The third-order valence-corrected chi connectivity index (χ3v) is 4.41. The van der Waals surface area contributed by atoms with Crippen LogP contribution < -0.4 is 5.32 Å². The molecule has 5 heteroatoms. The van der Waals surface area contributed by atoms with Gasteiger partial charge in [0.05, 0.1) is 12.2 Å². The molecule has 130 valence electrons. The molecule has 27 heavy (non-hydrogen) atoms. The Labute approximate surface area is 155 Å². The van der Waals surface area contributed by atoms with E-state index < -0.39 is 0 Å². The van der Waals surface area contributed by atoms with Crippen LogP contribution in [0.5, 0.6) is 0 Å². The first-order valence-corrected chi connectivity index (χ1v) is 8.77. The number of hydrogen-bond acceptors (Lipinski definition) is 5. The van der Waals surface area contributed by atoms with Gasteiger partial charge in [-0.05, 0) is 24.3 Å². The molecule has 5 rings (SSSR count). The number of furan rings is 1. The van der Waals surface area contributed by atoms with E-state index in [-0.39, 0.29) is 0 Å². The number of aromatic nitrogens is 3. The summed E-state index contributed by atoms with van der Waals surface area (Å²) in [4.78, 5) is 13.9. The van der Waals surface area contributed by atoms with E-state index in [1.807, 2.05) is 72.8 Å². The molecule has 0 aliphatic carbocycles. The van der Waals surface area contributed by atoms with E-state index in [9.17, 15) is 0 Å². The Bertz CT molecular complexity index is 1220. The van der Waals surface area contributed by atoms with E-state index in [1.165, 1.54) is 0 Å². The van der Waals surface area contributed by atoms with Gasteiger partial charge in [0, 0.05) is 17.1 Å². The maximum absolute atomic E-state index is 6.05. The highest BCUT2D eigenvalue weighted by atomic mass is 16.3. The number of para-hydroxylation sites is 1. The van der Waals surface area contributed by atoms with Gasteiger partial charge in [0.15, 0.2) is 17.2 Å². The van der Waals surface area contributed by atoms with Crippen LogP contribution in [0.25, 0.3) is 33.5 Å². The van der Waals surface area contributed by atoms with Crippen molar-refractivity contribution >= 4 is 27.9 Å². The van der Waals surface area contributed by atoms with Crippen LogP contribution in [-0.4, -0.2) is 15.0 Å². The van der Waals surface area contributed by atoms with E-state index in [4.69, 9.17) is 14.4 Å². The fraction of sp³-hybridized carbons (Fsp3) is 0.0455. The Hall–Kier alpha value is -3.73. The van der Waals surface area contributed by atoms with Crippen LogP contribution >= 0.6 is 0 Å². The van der Waals surface area contributed by atoms with Gasteiger partial charge in [-0.1, -0.05) is 48.5 Å². The third-order valence-electron chi connectivity index (χ3n) is 4.41. The number of hydrogen-bond donors (Lipinski definition) is 1. The Morgan fingerprint density at radius 2 is 1.63 bits per heavy atom. The summed E-state index contributed by atoms with van der Waals surface area (Å²) in [5.74, 6) is 1.33. The van der Waals surface area contributed by atoms with E-state index in [0.29, 0.717) is 23.8 Å². The van der Waals surface area contributed by atoms with Crippen LogP contribution in [0.4, 0.5) is 5.82 Å². The molecule has 5 nitrogen and oxygen atoms in total. The Kier molecular flexibility index (Phi) is 3.76. The standard InChI is InChI=1S/C22H16N4O/c1-2-8-15(9-3-1)21-25-19-17-11-4-5-12-18(17)27-20(19)22(26-21)24-14-16-10-6-7-13-23-16/h1-13H,14H2,(H,24,25,26). The summed E-state index contributed by atoms with van der Waals surface area (Å²) in [6, 6.07) is 23.7. The largest absolute Gasteiger partial charge is 0.450 e. The van der Waals surface area contributed by atoms with Gasteiger partial charge in [0.2, 0.25) is 0 Å². The smallest absolute Gasteiger partial charge is 0.196 e. The minimum absolute atomic E-state index is 0.554. The van der Waals surface area contributed by atoms with Crippen LogP contribution in [-0.2, 0) is 6.54 Å². The Morgan fingerprint density at radius 3 is 2.48 bits per heavy atom. The molecule has 3 aromatic heterocycles. The van der Waals surface area contributed by atoms with Gasteiger partial charge in [0.25, 0.3) is 0 Å². The van der Waals surface area contributed by atoms with Crippen molar-refractivity contribution in [3.63, 3.8) is 0 Å². The summed E-state index contributed by atoms with van der Waals surface area (Å²) in [5, 5.41) is 4.35. The summed E-state index contributed by atoms with van der Waals surface area (Å²) in [5.41, 5.74) is 4.16. The topological polar surface area (TPSA) is 63.8 Å². The van der Waals surface area contributed by atoms with Crippen molar-refractivity contribution in [2.75, 3.05) is 5.32 Å². The summed E-state index contributed by atoms with van der Waals surface area (Å²) in [6.07, 6.45) is 1.78. The van der Waals surface area contributed by atoms with Crippen LogP contribution in [0.15, 0.2) is 83.4 Å². The summed E-state index contributed by atoms with van der Waals surface area (Å²) in [6.45, 7) is 0.554. The molecular weight excluding hydrogens is 336 g/mol. The second-order valence-electron chi connectivity index (χ2n) is 6.21. The van der Waals surface area contributed by atoms with Gasteiger partial charge >= 0.3 is 0 Å². The van der Waals surface area contributed by atoms with Gasteiger partial charge < -0.3 is 9.73 Å². The first-order valence-electron chi connectivity index (χ1n) is 8.77. The molecule has 2 aromatic carbocycles. The van der Waals surface area contributed by atoms with Crippen molar-refractivity contribution < 1.29 is 4.42 Å². The van der Waals surface area contributed by atoms with E-state index in [1.54, 1.807) is 6.20 Å². The first-order chi connectivity index (χ1) is 13.4. The van der Waals surface area contributed by atoms with Gasteiger partial charge in [-0.25, -0.2) is 9.97 Å². The minimum Gasteiger partial charge on any atom is -0.450 e. The molecule has 1 N–H and O–H groups in total. The minimum atomic E-state index is 0.554. The predicted octanol–water partition coefficient (Wildman–Crippen LogP) is 5.05. The Balaban J connectivity index is 1.67.